The third-order valence-corrected chi connectivity index (χ3v) is 4.17. The average molecular weight is 410 g/mol. The number of anilines is 1. The van der Waals surface area contributed by atoms with E-state index in [0.29, 0.717) is 30.8 Å². The molecule has 0 bridgehead atoms. The second-order valence-electron chi connectivity index (χ2n) is 6.36. The van der Waals surface area contributed by atoms with Crippen LogP contribution in [0.1, 0.15) is 15.9 Å². The van der Waals surface area contributed by atoms with Crippen molar-refractivity contribution in [3.63, 3.8) is 0 Å². The van der Waals surface area contributed by atoms with Crippen molar-refractivity contribution < 1.29 is 28.6 Å². The van der Waals surface area contributed by atoms with Gasteiger partial charge in [0, 0.05) is 6.54 Å². The van der Waals surface area contributed by atoms with Crippen molar-refractivity contribution in [2.45, 2.75) is 6.42 Å². The second-order valence-corrected chi connectivity index (χ2v) is 6.36. The number of rotatable bonds is 8. The maximum Gasteiger partial charge on any atom is 0.377 e. The number of carbonyl (C=O) groups excluding carboxylic acids is 3. The average Bonchev–Trinajstić information content (AvgIpc) is 2.79. The highest BCUT2D eigenvalue weighted by molar-refractivity contribution is 6.04. The third kappa shape index (κ3) is 6.10. The van der Waals surface area contributed by atoms with E-state index in [1.807, 2.05) is 30.3 Å². The first kappa shape index (κ1) is 20.9. The van der Waals surface area contributed by atoms with Crippen molar-refractivity contribution in [3.05, 3.63) is 77.7 Å². The maximum absolute atomic E-state index is 12.5. The number of para-hydroxylation sites is 1. The first-order chi connectivity index (χ1) is 14.6. The van der Waals surface area contributed by atoms with Crippen molar-refractivity contribution in [1.82, 2.24) is 5.32 Å². The molecular formula is C22H22N2O6. The number of hydrogen-bond acceptors (Lipinski definition) is 6. The Bertz CT molecular complexity index is 926. The minimum absolute atomic E-state index is 0.0905. The summed E-state index contributed by atoms with van der Waals surface area (Å²) in [7, 11) is 0. The van der Waals surface area contributed by atoms with Crippen LogP contribution in [0, 0.1) is 0 Å². The predicted molar refractivity (Wildman–Crippen MR) is 108 cm³/mol. The van der Waals surface area contributed by atoms with Crippen molar-refractivity contribution in [3.8, 4) is 0 Å². The molecule has 1 aliphatic heterocycles. The molecule has 8 heteroatoms. The topological polar surface area (TPSA) is 103 Å². The van der Waals surface area contributed by atoms with Crippen molar-refractivity contribution >= 4 is 23.5 Å². The Morgan fingerprint density at radius 3 is 2.50 bits per heavy atom. The first-order valence-electron chi connectivity index (χ1n) is 9.46. The van der Waals surface area contributed by atoms with Gasteiger partial charge in [-0.15, -0.1) is 0 Å². The van der Waals surface area contributed by atoms with Crippen molar-refractivity contribution in [2.75, 3.05) is 31.7 Å². The fraction of sp³-hybridized carbons (Fsp3) is 0.227. The summed E-state index contributed by atoms with van der Waals surface area (Å²) in [5, 5.41) is 5.43. The highest BCUT2D eigenvalue weighted by atomic mass is 16.6. The van der Waals surface area contributed by atoms with Crippen LogP contribution in [0.4, 0.5) is 5.69 Å². The van der Waals surface area contributed by atoms with E-state index in [9.17, 15) is 14.4 Å². The van der Waals surface area contributed by atoms with Crippen molar-refractivity contribution in [2.24, 2.45) is 0 Å². The van der Waals surface area contributed by atoms with Crippen LogP contribution in [-0.4, -0.2) is 44.1 Å². The van der Waals surface area contributed by atoms with Gasteiger partial charge in [-0.3, -0.25) is 9.59 Å². The van der Waals surface area contributed by atoms with Crippen LogP contribution in [0.5, 0.6) is 0 Å². The summed E-state index contributed by atoms with van der Waals surface area (Å²) in [5.41, 5.74) is 1.76. The van der Waals surface area contributed by atoms with Crippen LogP contribution >= 0.6 is 0 Å². The monoisotopic (exact) mass is 410 g/mol. The molecule has 8 nitrogen and oxygen atoms in total. The van der Waals surface area contributed by atoms with Gasteiger partial charge in [-0.25, -0.2) is 4.79 Å². The number of ether oxygens (including phenoxy) is 3. The molecule has 30 heavy (non-hydrogen) atoms. The van der Waals surface area contributed by atoms with E-state index in [0.717, 1.165) is 11.8 Å². The Morgan fingerprint density at radius 2 is 1.73 bits per heavy atom. The molecule has 1 heterocycles. The van der Waals surface area contributed by atoms with Gasteiger partial charge >= 0.3 is 5.97 Å². The van der Waals surface area contributed by atoms with E-state index in [1.165, 1.54) is 0 Å². The third-order valence-electron chi connectivity index (χ3n) is 4.17. The number of esters is 1. The molecule has 2 aromatic rings. The van der Waals surface area contributed by atoms with Gasteiger partial charge in [-0.1, -0.05) is 42.5 Å². The molecule has 0 saturated carbocycles. The number of amides is 2. The minimum atomic E-state index is -0.795. The molecule has 0 saturated heterocycles. The molecule has 3 rings (SSSR count). The highest BCUT2D eigenvalue weighted by Crippen LogP contribution is 2.15. The van der Waals surface area contributed by atoms with Gasteiger partial charge in [0.15, 0.2) is 6.61 Å². The van der Waals surface area contributed by atoms with E-state index in [2.05, 4.69) is 10.6 Å². The lowest BCUT2D eigenvalue weighted by Crippen LogP contribution is -2.28. The molecule has 156 valence electrons. The summed E-state index contributed by atoms with van der Waals surface area (Å²) < 4.78 is 15.0. The van der Waals surface area contributed by atoms with Gasteiger partial charge in [-0.2, -0.15) is 0 Å². The van der Waals surface area contributed by atoms with E-state index in [1.54, 1.807) is 24.3 Å². The largest absolute Gasteiger partial charge is 0.493 e. The lowest BCUT2D eigenvalue weighted by molar-refractivity contribution is -0.148. The van der Waals surface area contributed by atoms with Crippen LogP contribution in [-0.2, 0) is 30.2 Å². The molecule has 0 atom stereocenters. The lowest BCUT2D eigenvalue weighted by atomic mass is 10.1. The van der Waals surface area contributed by atoms with Crippen molar-refractivity contribution in [1.29, 1.82) is 0 Å². The van der Waals surface area contributed by atoms with Gasteiger partial charge in [0.25, 0.3) is 11.8 Å². The van der Waals surface area contributed by atoms with Crippen LogP contribution in [0.2, 0.25) is 0 Å². The molecular weight excluding hydrogens is 388 g/mol. The van der Waals surface area contributed by atoms with Gasteiger partial charge in [0.2, 0.25) is 5.76 Å². The Hall–Kier alpha value is -3.81. The van der Waals surface area contributed by atoms with E-state index >= 15 is 0 Å². The molecule has 2 N–H and O–H groups in total. The molecule has 2 amide bonds. The maximum atomic E-state index is 12.5. The zero-order chi connectivity index (χ0) is 21.2. The zero-order valence-corrected chi connectivity index (χ0v) is 16.3. The Labute approximate surface area is 173 Å². The van der Waals surface area contributed by atoms with E-state index < -0.39 is 18.5 Å². The smallest absolute Gasteiger partial charge is 0.377 e. The summed E-state index contributed by atoms with van der Waals surface area (Å²) in [6.45, 7) is 0.519. The molecule has 0 aliphatic carbocycles. The molecule has 0 aromatic heterocycles. The second kappa shape index (κ2) is 10.7. The summed E-state index contributed by atoms with van der Waals surface area (Å²) in [4.78, 5) is 36.5. The standard InChI is InChI=1S/C22H22N2O6/c25-20(15-30-22(27)19-14-28-12-13-29-19)24-18-9-5-4-8-17(18)21(26)23-11-10-16-6-2-1-3-7-16/h1-9,14H,10-13,15H2,(H,23,26)(H,24,25). The minimum Gasteiger partial charge on any atom is -0.493 e. The van der Waals surface area contributed by atoms with Crippen LogP contribution < -0.4 is 10.6 Å². The summed E-state index contributed by atoms with van der Waals surface area (Å²) in [5.74, 6) is -1.77. The van der Waals surface area contributed by atoms with Gasteiger partial charge in [0.05, 0.1) is 11.3 Å². The summed E-state index contributed by atoms with van der Waals surface area (Å²) in [6.07, 6.45) is 1.84. The SMILES string of the molecule is O=C(COC(=O)C1=COCCO1)Nc1ccccc1C(=O)NCCc1ccccc1. The quantitative estimate of drug-likeness (QED) is 0.646. The Morgan fingerprint density at radius 1 is 0.967 bits per heavy atom. The lowest BCUT2D eigenvalue weighted by Gasteiger charge is -2.15. The molecule has 0 radical (unpaired) electrons. The molecule has 0 unspecified atom stereocenters. The van der Waals surface area contributed by atoms with E-state index in [4.69, 9.17) is 14.2 Å². The highest BCUT2D eigenvalue weighted by Gasteiger charge is 2.19. The molecule has 1 aliphatic rings. The number of hydrogen-bond donors (Lipinski definition) is 2. The fourth-order valence-electron chi connectivity index (χ4n) is 2.71. The van der Waals surface area contributed by atoms with Crippen LogP contribution in [0.25, 0.3) is 0 Å². The first-order valence-corrected chi connectivity index (χ1v) is 9.46. The predicted octanol–water partition coefficient (Wildman–Crippen LogP) is 2.03. The number of nitrogens with one attached hydrogen (secondary N) is 2. The summed E-state index contributed by atoms with van der Waals surface area (Å²) >= 11 is 0. The van der Waals surface area contributed by atoms with Crippen LogP contribution in [0.3, 0.4) is 0 Å². The number of benzene rings is 2. The molecule has 2 aromatic carbocycles. The molecule has 0 spiro atoms. The van der Waals surface area contributed by atoms with Gasteiger partial charge in [0.1, 0.15) is 19.5 Å². The van der Waals surface area contributed by atoms with E-state index in [-0.39, 0.29) is 18.3 Å². The van der Waals surface area contributed by atoms with Crippen LogP contribution in [0.15, 0.2) is 66.6 Å². The normalized spacial score (nSPS) is 12.6. The Balaban J connectivity index is 1.51. The van der Waals surface area contributed by atoms with Gasteiger partial charge in [-0.05, 0) is 24.1 Å². The van der Waals surface area contributed by atoms with Gasteiger partial charge < -0.3 is 24.8 Å². The molecule has 0 fully saturated rings. The zero-order valence-electron chi connectivity index (χ0n) is 16.3. The number of carbonyl (C=O) groups is 3. The fourth-order valence-corrected chi connectivity index (χ4v) is 2.71. The summed E-state index contributed by atoms with van der Waals surface area (Å²) in [6, 6.07) is 16.4. The Kier molecular flexibility index (Phi) is 7.43.